The van der Waals surface area contributed by atoms with E-state index < -0.39 is 65.8 Å². The predicted octanol–water partition coefficient (Wildman–Crippen LogP) is 1.90. The SMILES string of the molecule is CC(=O)OC[C@H]1O[C@@H](OCc2ccccc2)[C@H](N2C(=O)CC(C)(C)CC2=O)[C@@H](OC(C)=O)[C@@H]1OC(C)=O. The van der Waals surface area contributed by atoms with E-state index >= 15 is 0 Å². The number of carbonyl (C=O) groups is 5. The first-order valence-corrected chi connectivity index (χ1v) is 12.0. The Bertz CT molecular complexity index is 1000. The standard InChI is InChI=1S/C26H33NO10/c1-15(28)33-14-19-23(35-16(2)29)24(36-17(3)30)22(27-20(31)11-26(4,5)12-21(27)32)25(37-19)34-13-18-9-7-6-8-10-18/h6-10,19,22-25H,11-14H2,1-5H3/t19-,22-,23-,24-,25-/m1/s1. The third-order valence-corrected chi connectivity index (χ3v) is 6.02. The quantitative estimate of drug-likeness (QED) is 0.285. The van der Waals surface area contributed by atoms with Crippen molar-refractivity contribution in [2.75, 3.05) is 6.61 Å². The van der Waals surface area contributed by atoms with Crippen LogP contribution in [0, 0.1) is 5.41 Å². The highest BCUT2D eigenvalue weighted by molar-refractivity contribution is 5.99. The third kappa shape index (κ3) is 7.36. The van der Waals surface area contributed by atoms with E-state index in [-0.39, 0.29) is 26.1 Å². The number of hydrogen-bond donors (Lipinski definition) is 0. The number of ether oxygens (including phenoxy) is 5. The Morgan fingerprint density at radius 2 is 1.49 bits per heavy atom. The first kappa shape index (κ1) is 28.3. The molecule has 0 aliphatic carbocycles. The lowest BCUT2D eigenvalue weighted by Crippen LogP contribution is -2.69. The smallest absolute Gasteiger partial charge is 0.303 e. The molecule has 0 saturated carbocycles. The second-order valence-electron chi connectivity index (χ2n) is 9.96. The fraction of sp³-hybridized carbons (Fsp3) is 0.577. The predicted molar refractivity (Wildman–Crippen MR) is 126 cm³/mol. The number of rotatable bonds is 8. The van der Waals surface area contributed by atoms with Crippen molar-refractivity contribution in [2.45, 2.75) is 84.7 Å². The van der Waals surface area contributed by atoms with E-state index in [2.05, 4.69) is 0 Å². The summed E-state index contributed by atoms with van der Waals surface area (Å²) in [6, 6.07) is 7.85. The Morgan fingerprint density at radius 1 is 0.919 bits per heavy atom. The molecule has 0 spiro atoms. The Balaban J connectivity index is 2.05. The lowest BCUT2D eigenvalue weighted by Gasteiger charge is -2.49. The minimum absolute atomic E-state index is 0.0367. The summed E-state index contributed by atoms with van der Waals surface area (Å²) in [5, 5.41) is 0. The van der Waals surface area contributed by atoms with Crippen LogP contribution in [0.2, 0.25) is 0 Å². The second kappa shape index (κ2) is 11.8. The van der Waals surface area contributed by atoms with Gasteiger partial charge in [0.15, 0.2) is 18.5 Å². The molecule has 2 fully saturated rings. The number of benzene rings is 1. The summed E-state index contributed by atoms with van der Waals surface area (Å²) in [6.07, 6.45) is -4.92. The van der Waals surface area contributed by atoms with Gasteiger partial charge in [0.2, 0.25) is 11.8 Å². The van der Waals surface area contributed by atoms with Crippen molar-refractivity contribution in [1.29, 1.82) is 0 Å². The molecule has 0 N–H and O–H groups in total. The first-order chi connectivity index (χ1) is 17.4. The molecule has 202 valence electrons. The van der Waals surface area contributed by atoms with Gasteiger partial charge >= 0.3 is 17.9 Å². The van der Waals surface area contributed by atoms with Crippen molar-refractivity contribution in [3.05, 3.63) is 35.9 Å². The Kier molecular flexibility index (Phi) is 9.03. The fourth-order valence-electron chi connectivity index (χ4n) is 4.57. The summed E-state index contributed by atoms with van der Waals surface area (Å²) in [7, 11) is 0. The van der Waals surface area contributed by atoms with Crippen LogP contribution >= 0.6 is 0 Å². The van der Waals surface area contributed by atoms with Crippen LogP contribution in [0.4, 0.5) is 0 Å². The largest absolute Gasteiger partial charge is 0.463 e. The molecule has 0 bridgehead atoms. The van der Waals surface area contributed by atoms with Crippen LogP contribution < -0.4 is 0 Å². The van der Waals surface area contributed by atoms with Gasteiger partial charge in [-0.2, -0.15) is 0 Å². The number of nitrogens with zero attached hydrogens (tertiary/aromatic N) is 1. The number of likely N-dealkylation sites (tertiary alicyclic amines) is 1. The molecule has 2 saturated heterocycles. The number of esters is 3. The van der Waals surface area contributed by atoms with Gasteiger partial charge in [0.1, 0.15) is 18.8 Å². The summed E-state index contributed by atoms with van der Waals surface area (Å²) in [6.45, 7) is 6.81. The van der Waals surface area contributed by atoms with Crippen LogP contribution in [0.1, 0.15) is 53.0 Å². The van der Waals surface area contributed by atoms with E-state index in [4.69, 9.17) is 23.7 Å². The summed E-state index contributed by atoms with van der Waals surface area (Å²) >= 11 is 0. The average molecular weight is 520 g/mol. The van der Waals surface area contributed by atoms with Crippen LogP contribution in [0.15, 0.2) is 30.3 Å². The lowest BCUT2D eigenvalue weighted by molar-refractivity contribution is -0.293. The minimum atomic E-state index is -1.34. The van der Waals surface area contributed by atoms with Crippen molar-refractivity contribution >= 4 is 29.7 Å². The van der Waals surface area contributed by atoms with Crippen molar-refractivity contribution in [2.24, 2.45) is 5.41 Å². The van der Waals surface area contributed by atoms with Gasteiger partial charge in [0, 0.05) is 33.6 Å². The van der Waals surface area contributed by atoms with Crippen LogP contribution in [-0.2, 0) is 54.3 Å². The highest BCUT2D eigenvalue weighted by Crippen LogP contribution is 2.38. The molecule has 0 radical (unpaired) electrons. The van der Waals surface area contributed by atoms with Gasteiger partial charge in [0.05, 0.1) is 6.61 Å². The summed E-state index contributed by atoms with van der Waals surface area (Å²) < 4.78 is 28.3. The first-order valence-electron chi connectivity index (χ1n) is 12.0. The topological polar surface area (TPSA) is 135 Å². The lowest BCUT2D eigenvalue weighted by atomic mass is 9.80. The van der Waals surface area contributed by atoms with E-state index in [1.54, 1.807) is 13.8 Å². The van der Waals surface area contributed by atoms with Crippen molar-refractivity contribution in [3.8, 4) is 0 Å². The van der Waals surface area contributed by atoms with E-state index in [9.17, 15) is 24.0 Å². The molecule has 1 aromatic carbocycles. The van der Waals surface area contributed by atoms with Gasteiger partial charge in [-0.15, -0.1) is 0 Å². The summed E-state index contributed by atoms with van der Waals surface area (Å²) in [5.74, 6) is -3.07. The van der Waals surface area contributed by atoms with Crippen LogP contribution in [0.3, 0.4) is 0 Å². The molecule has 2 aliphatic rings. The molecule has 2 amide bonds. The number of amides is 2. The number of piperidine rings is 1. The molecule has 2 heterocycles. The zero-order valence-electron chi connectivity index (χ0n) is 21.6. The van der Waals surface area contributed by atoms with Gasteiger partial charge in [-0.25, -0.2) is 0 Å². The maximum atomic E-state index is 13.3. The van der Waals surface area contributed by atoms with Crippen molar-refractivity contribution in [1.82, 2.24) is 4.90 Å². The highest BCUT2D eigenvalue weighted by Gasteiger charge is 2.56. The molecule has 11 heteroatoms. The molecule has 37 heavy (non-hydrogen) atoms. The molecule has 0 aromatic heterocycles. The number of carbonyl (C=O) groups excluding carboxylic acids is 5. The van der Waals surface area contributed by atoms with Crippen LogP contribution in [0.25, 0.3) is 0 Å². The van der Waals surface area contributed by atoms with E-state index in [1.807, 2.05) is 30.3 Å². The molecule has 2 aliphatic heterocycles. The van der Waals surface area contributed by atoms with Crippen molar-refractivity contribution < 1.29 is 47.7 Å². The maximum absolute atomic E-state index is 13.3. The van der Waals surface area contributed by atoms with Crippen LogP contribution in [0.5, 0.6) is 0 Å². The second-order valence-corrected chi connectivity index (χ2v) is 9.96. The van der Waals surface area contributed by atoms with E-state index in [0.717, 1.165) is 24.3 Å². The summed E-state index contributed by atoms with van der Waals surface area (Å²) in [4.78, 5) is 63.3. The van der Waals surface area contributed by atoms with Gasteiger partial charge in [-0.05, 0) is 11.0 Å². The number of imide groups is 1. The normalized spacial score (nSPS) is 27.4. The Labute approximate surface area is 215 Å². The minimum Gasteiger partial charge on any atom is -0.463 e. The molecule has 0 unspecified atom stereocenters. The third-order valence-electron chi connectivity index (χ3n) is 6.02. The molecule has 1 aromatic rings. The average Bonchev–Trinajstić information content (AvgIpc) is 2.78. The van der Waals surface area contributed by atoms with Gasteiger partial charge in [-0.3, -0.25) is 28.9 Å². The highest BCUT2D eigenvalue weighted by atomic mass is 16.7. The fourth-order valence-corrected chi connectivity index (χ4v) is 4.57. The van der Waals surface area contributed by atoms with Crippen LogP contribution in [-0.4, -0.2) is 71.9 Å². The zero-order valence-corrected chi connectivity index (χ0v) is 21.6. The Hall–Kier alpha value is -3.31. The number of hydrogen-bond acceptors (Lipinski definition) is 10. The van der Waals surface area contributed by atoms with E-state index in [0.29, 0.717) is 0 Å². The molecule has 11 nitrogen and oxygen atoms in total. The molecule has 3 rings (SSSR count). The summed E-state index contributed by atoms with van der Waals surface area (Å²) in [5.41, 5.74) is 0.218. The van der Waals surface area contributed by atoms with Gasteiger partial charge in [0.25, 0.3) is 0 Å². The molecule has 5 atom stereocenters. The maximum Gasteiger partial charge on any atom is 0.303 e. The monoisotopic (exact) mass is 519 g/mol. The van der Waals surface area contributed by atoms with Gasteiger partial charge < -0.3 is 23.7 Å². The van der Waals surface area contributed by atoms with Crippen molar-refractivity contribution in [3.63, 3.8) is 0 Å². The Morgan fingerprint density at radius 3 is 2.03 bits per heavy atom. The van der Waals surface area contributed by atoms with Gasteiger partial charge in [-0.1, -0.05) is 44.2 Å². The zero-order chi connectivity index (χ0) is 27.3. The molecular formula is C26H33NO10. The molecular weight excluding hydrogens is 486 g/mol. The van der Waals surface area contributed by atoms with E-state index in [1.165, 1.54) is 6.92 Å².